The molecule has 0 spiro atoms. The number of rotatable bonds is 8. The Balaban J connectivity index is 2.41. The maximum absolute atomic E-state index is 11.7. The van der Waals surface area contributed by atoms with E-state index < -0.39 is 0 Å². The Kier molecular flexibility index (Phi) is 6.35. The molecule has 6 nitrogen and oxygen atoms in total. The molecule has 3 N–H and O–H groups in total. The van der Waals surface area contributed by atoms with Crippen molar-refractivity contribution in [1.29, 1.82) is 0 Å². The number of carbonyl (C=O) groups is 1. The Morgan fingerprint density at radius 1 is 1.50 bits per heavy atom. The molecule has 1 aromatic heterocycles. The third-order valence-corrected chi connectivity index (χ3v) is 2.88. The van der Waals surface area contributed by atoms with Gasteiger partial charge in [0.1, 0.15) is 6.54 Å². The van der Waals surface area contributed by atoms with Crippen molar-refractivity contribution in [3.63, 3.8) is 0 Å². The zero-order valence-electron chi connectivity index (χ0n) is 11.2. The summed E-state index contributed by atoms with van der Waals surface area (Å²) in [4.78, 5) is 11.7. The number of hydrogen-bond donors (Lipinski definition) is 2. The molecule has 0 aliphatic carbocycles. The highest BCUT2D eigenvalue weighted by atomic mass is 16.2. The molecule has 0 atom stereocenters. The molecule has 0 radical (unpaired) electrons. The minimum atomic E-state index is -0.0148. The first-order chi connectivity index (χ1) is 8.69. The van der Waals surface area contributed by atoms with Crippen LogP contribution in [0.3, 0.4) is 0 Å². The molecular weight excluding hydrogens is 230 g/mol. The van der Waals surface area contributed by atoms with E-state index in [1.165, 1.54) is 0 Å². The smallest absolute Gasteiger partial charge is 0.242 e. The van der Waals surface area contributed by atoms with Crippen LogP contribution < -0.4 is 11.1 Å². The van der Waals surface area contributed by atoms with Gasteiger partial charge in [-0.15, -0.1) is 5.10 Å². The van der Waals surface area contributed by atoms with Gasteiger partial charge in [-0.25, -0.2) is 4.68 Å². The van der Waals surface area contributed by atoms with E-state index in [0.29, 0.717) is 6.54 Å². The van der Waals surface area contributed by atoms with Crippen molar-refractivity contribution in [3.8, 4) is 0 Å². The van der Waals surface area contributed by atoms with Crippen LogP contribution in [-0.2, 0) is 17.8 Å². The molecule has 0 aromatic carbocycles. The highest BCUT2D eigenvalue weighted by molar-refractivity contribution is 5.75. The minimum Gasteiger partial charge on any atom is -0.352 e. The van der Waals surface area contributed by atoms with Crippen LogP contribution in [0.15, 0.2) is 6.20 Å². The number of amides is 1. The van der Waals surface area contributed by atoms with Crippen LogP contribution in [0.4, 0.5) is 0 Å². The van der Waals surface area contributed by atoms with Crippen molar-refractivity contribution < 1.29 is 4.79 Å². The SMILES string of the molecule is CCC(CC)NC(=O)Cn1cc(CCCN)nn1. The van der Waals surface area contributed by atoms with Crippen LogP contribution in [0, 0.1) is 0 Å². The molecule has 6 heteroatoms. The number of aryl methyl sites for hydroxylation is 1. The molecule has 0 saturated heterocycles. The molecule has 0 saturated carbocycles. The van der Waals surface area contributed by atoms with Gasteiger partial charge in [0.2, 0.25) is 5.91 Å². The van der Waals surface area contributed by atoms with Gasteiger partial charge < -0.3 is 11.1 Å². The Morgan fingerprint density at radius 3 is 2.83 bits per heavy atom. The molecule has 0 fully saturated rings. The van der Waals surface area contributed by atoms with Crippen molar-refractivity contribution in [3.05, 3.63) is 11.9 Å². The second-order valence-electron chi connectivity index (χ2n) is 4.38. The zero-order chi connectivity index (χ0) is 13.4. The second-order valence-corrected chi connectivity index (χ2v) is 4.38. The molecule has 102 valence electrons. The fourth-order valence-corrected chi connectivity index (χ4v) is 1.73. The summed E-state index contributed by atoms with van der Waals surface area (Å²) >= 11 is 0. The summed E-state index contributed by atoms with van der Waals surface area (Å²) in [6, 6.07) is 0.248. The van der Waals surface area contributed by atoms with E-state index in [0.717, 1.165) is 31.4 Å². The Labute approximate surface area is 108 Å². The maximum Gasteiger partial charge on any atom is 0.242 e. The molecule has 1 amide bonds. The lowest BCUT2D eigenvalue weighted by Crippen LogP contribution is -2.36. The number of aromatic nitrogens is 3. The molecule has 1 heterocycles. The van der Waals surface area contributed by atoms with Gasteiger partial charge in [-0.3, -0.25) is 4.79 Å². The average Bonchev–Trinajstić information content (AvgIpc) is 2.81. The van der Waals surface area contributed by atoms with Crippen LogP contribution in [0.25, 0.3) is 0 Å². The van der Waals surface area contributed by atoms with Crippen LogP contribution >= 0.6 is 0 Å². The molecule has 0 aliphatic heterocycles. The van der Waals surface area contributed by atoms with Gasteiger partial charge in [0, 0.05) is 12.2 Å². The van der Waals surface area contributed by atoms with Crippen molar-refractivity contribution >= 4 is 5.91 Å². The predicted octanol–water partition coefficient (Wildman–Crippen LogP) is 0.474. The van der Waals surface area contributed by atoms with Gasteiger partial charge in [-0.2, -0.15) is 0 Å². The number of nitrogens with two attached hydrogens (primary N) is 1. The van der Waals surface area contributed by atoms with Crippen LogP contribution in [0.5, 0.6) is 0 Å². The average molecular weight is 253 g/mol. The summed E-state index contributed by atoms with van der Waals surface area (Å²) in [5.41, 5.74) is 6.32. The first-order valence-electron chi connectivity index (χ1n) is 6.58. The topological polar surface area (TPSA) is 85.8 Å². The lowest BCUT2D eigenvalue weighted by molar-refractivity contribution is -0.122. The Bertz CT molecular complexity index is 359. The highest BCUT2D eigenvalue weighted by Gasteiger charge is 2.10. The number of nitrogens with zero attached hydrogens (tertiary/aromatic N) is 3. The molecule has 0 bridgehead atoms. The highest BCUT2D eigenvalue weighted by Crippen LogP contribution is 1.99. The summed E-state index contributed by atoms with van der Waals surface area (Å²) in [5, 5.41) is 10.9. The molecular formula is C12H23N5O. The number of carbonyl (C=O) groups excluding carboxylic acids is 1. The van der Waals surface area contributed by atoms with Gasteiger partial charge in [0.05, 0.1) is 5.69 Å². The predicted molar refractivity (Wildman–Crippen MR) is 69.9 cm³/mol. The van der Waals surface area contributed by atoms with Gasteiger partial charge in [-0.05, 0) is 32.2 Å². The van der Waals surface area contributed by atoms with E-state index in [9.17, 15) is 4.79 Å². The van der Waals surface area contributed by atoms with E-state index in [4.69, 9.17) is 5.73 Å². The van der Waals surface area contributed by atoms with Crippen molar-refractivity contribution in [1.82, 2.24) is 20.3 Å². The van der Waals surface area contributed by atoms with E-state index in [-0.39, 0.29) is 18.5 Å². The van der Waals surface area contributed by atoms with E-state index in [2.05, 4.69) is 29.5 Å². The lowest BCUT2D eigenvalue weighted by atomic mass is 10.2. The molecule has 18 heavy (non-hydrogen) atoms. The lowest BCUT2D eigenvalue weighted by Gasteiger charge is -2.14. The summed E-state index contributed by atoms with van der Waals surface area (Å²) in [5.74, 6) is -0.0148. The first-order valence-corrected chi connectivity index (χ1v) is 6.58. The zero-order valence-corrected chi connectivity index (χ0v) is 11.2. The van der Waals surface area contributed by atoms with Gasteiger partial charge in [-0.1, -0.05) is 19.1 Å². The van der Waals surface area contributed by atoms with Crippen LogP contribution in [-0.4, -0.2) is 33.5 Å². The van der Waals surface area contributed by atoms with E-state index in [1.807, 2.05) is 6.20 Å². The molecule has 0 unspecified atom stereocenters. The Hall–Kier alpha value is -1.43. The first kappa shape index (κ1) is 14.6. The van der Waals surface area contributed by atoms with Crippen molar-refractivity contribution in [2.75, 3.05) is 6.54 Å². The normalized spacial score (nSPS) is 10.9. The fourth-order valence-electron chi connectivity index (χ4n) is 1.73. The van der Waals surface area contributed by atoms with Crippen LogP contribution in [0.1, 0.15) is 38.8 Å². The molecule has 1 aromatic rings. The number of hydrogen-bond acceptors (Lipinski definition) is 4. The van der Waals surface area contributed by atoms with Gasteiger partial charge >= 0.3 is 0 Å². The molecule has 1 rings (SSSR count). The van der Waals surface area contributed by atoms with Crippen molar-refractivity contribution in [2.24, 2.45) is 5.73 Å². The minimum absolute atomic E-state index is 0.0148. The standard InChI is InChI=1S/C12H23N5O/c1-3-10(4-2)14-12(18)9-17-8-11(15-16-17)6-5-7-13/h8,10H,3-7,9,13H2,1-2H3,(H,14,18). The quantitative estimate of drug-likeness (QED) is 0.705. The fraction of sp³-hybridized carbons (Fsp3) is 0.750. The van der Waals surface area contributed by atoms with Gasteiger partial charge in [0.15, 0.2) is 0 Å². The van der Waals surface area contributed by atoms with Crippen molar-refractivity contribution in [2.45, 2.75) is 52.1 Å². The third kappa shape index (κ3) is 4.83. The monoisotopic (exact) mass is 253 g/mol. The van der Waals surface area contributed by atoms with E-state index in [1.54, 1.807) is 4.68 Å². The Morgan fingerprint density at radius 2 is 2.22 bits per heavy atom. The molecule has 0 aliphatic rings. The summed E-state index contributed by atoms with van der Waals surface area (Å²) in [6.07, 6.45) is 5.40. The largest absolute Gasteiger partial charge is 0.352 e. The second kappa shape index (κ2) is 7.81. The summed E-state index contributed by atoms with van der Waals surface area (Å²) in [7, 11) is 0. The number of nitrogens with one attached hydrogen (secondary N) is 1. The van der Waals surface area contributed by atoms with Crippen LogP contribution in [0.2, 0.25) is 0 Å². The third-order valence-electron chi connectivity index (χ3n) is 2.88. The summed E-state index contributed by atoms with van der Waals surface area (Å²) < 4.78 is 1.57. The summed E-state index contributed by atoms with van der Waals surface area (Å²) in [6.45, 7) is 5.00. The maximum atomic E-state index is 11.7. The van der Waals surface area contributed by atoms with E-state index >= 15 is 0 Å². The van der Waals surface area contributed by atoms with Gasteiger partial charge in [0.25, 0.3) is 0 Å².